The van der Waals surface area contributed by atoms with Crippen LogP contribution in [-0.2, 0) is 17.6 Å². The van der Waals surface area contributed by atoms with Crippen molar-refractivity contribution < 1.29 is 15.0 Å². The smallest absolute Gasteiger partial charge is 0.312 e. The van der Waals surface area contributed by atoms with Crippen LogP contribution in [-0.4, -0.2) is 21.8 Å². The number of carboxylic acids is 1. The number of hydrogen-bond acceptors (Lipinski definition) is 2. The first kappa shape index (κ1) is 18.2. The van der Waals surface area contributed by atoms with Gasteiger partial charge in [0.25, 0.3) is 0 Å². The summed E-state index contributed by atoms with van der Waals surface area (Å²) >= 11 is 0. The highest BCUT2D eigenvalue weighted by molar-refractivity contribution is 5.77. The summed E-state index contributed by atoms with van der Waals surface area (Å²) in [5.74, 6) is -0.829. The Labute approximate surface area is 161 Å². The molecule has 2 aliphatic rings. The lowest BCUT2D eigenvalue weighted by Gasteiger charge is -2.51. The van der Waals surface area contributed by atoms with Crippen molar-refractivity contribution in [2.24, 2.45) is 17.3 Å². The number of rotatable bonds is 5. The molecule has 0 aliphatic heterocycles. The fourth-order valence-electron chi connectivity index (χ4n) is 5.85. The van der Waals surface area contributed by atoms with Gasteiger partial charge in [-0.1, -0.05) is 67.1 Å². The number of carboxylic acid groups (broad SMARTS) is 1. The molecule has 2 aliphatic carbocycles. The SMILES string of the molecule is O=C(O)[C@@]12CCCC(Cc3ccccc3)[C@]1(O)[C@@H](Cc1ccccc1)CC2. The zero-order chi connectivity index (χ0) is 18.9. The van der Waals surface area contributed by atoms with E-state index in [9.17, 15) is 15.0 Å². The first-order valence-electron chi connectivity index (χ1n) is 10.1. The van der Waals surface area contributed by atoms with Gasteiger partial charge in [0.2, 0.25) is 0 Å². The lowest BCUT2D eigenvalue weighted by atomic mass is 9.56. The number of fused-ring (bicyclic) bond motifs is 1. The highest BCUT2D eigenvalue weighted by Crippen LogP contribution is 2.61. The summed E-state index contributed by atoms with van der Waals surface area (Å²) in [6.07, 6.45) is 5.23. The Morgan fingerprint density at radius 3 is 1.89 bits per heavy atom. The van der Waals surface area contributed by atoms with E-state index in [0.717, 1.165) is 32.1 Å². The van der Waals surface area contributed by atoms with Crippen molar-refractivity contribution in [1.29, 1.82) is 0 Å². The Morgan fingerprint density at radius 2 is 1.37 bits per heavy atom. The zero-order valence-corrected chi connectivity index (χ0v) is 15.7. The average molecular weight is 364 g/mol. The second kappa shape index (κ2) is 7.12. The molecule has 1 unspecified atom stereocenters. The van der Waals surface area contributed by atoms with Gasteiger partial charge in [-0.3, -0.25) is 4.79 Å². The van der Waals surface area contributed by atoms with E-state index in [1.807, 2.05) is 36.4 Å². The molecule has 2 aromatic rings. The molecule has 2 aromatic carbocycles. The predicted molar refractivity (Wildman–Crippen MR) is 105 cm³/mol. The first-order valence-corrected chi connectivity index (χ1v) is 10.1. The summed E-state index contributed by atoms with van der Waals surface area (Å²) in [5.41, 5.74) is 0.219. The minimum absolute atomic E-state index is 0.00925. The molecule has 4 rings (SSSR count). The van der Waals surface area contributed by atoms with Gasteiger partial charge in [-0.2, -0.15) is 0 Å². The third kappa shape index (κ3) is 2.98. The number of carbonyl (C=O) groups is 1. The molecule has 3 heteroatoms. The Kier molecular flexibility index (Phi) is 4.81. The van der Waals surface area contributed by atoms with E-state index in [-0.39, 0.29) is 11.8 Å². The molecule has 2 saturated carbocycles. The fraction of sp³-hybridized carbons (Fsp3) is 0.458. The molecule has 0 heterocycles. The predicted octanol–water partition coefficient (Wildman–Crippen LogP) is 4.48. The summed E-state index contributed by atoms with van der Waals surface area (Å²) in [5, 5.41) is 22.3. The second-order valence-corrected chi connectivity index (χ2v) is 8.42. The standard InChI is InChI=1S/C24H28O3/c25-22(26)23-14-7-12-20(16-18-8-3-1-4-9-18)24(23,27)21(13-15-23)17-19-10-5-2-6-11-19/h1-6,8-11,20-21,27H,7,12-17H2,(H,25,26)/t20?,21-,23+,24+/m1/s1. The molecule has 0 aromatic heterocycles. The van der Waals surface area contributed by atoms with Crippen LogP contribution in [0.15, 0.2) is 60.7 Å². The van der Waals surface area contributed by atoms with Crippen LogP contribution in [0.4, 0.5) is 0 Å². The maximum Gasteiger partial charge on any atom is 0.312 e. The van der Waals surface area contributed by atoms with Crippen LogP contribution in [0.25, 0.3) is 0 Å². The maximum atomic E-state index is 12.4. The van der Waals surface area contributed by atoms with Gasteiger partial charge in [-0.15, -0.1) is 0 Å². The molecule has 0 spiro atoms. The fourth-order valence-corrected chi connectivity index (χ4v) is 5.85. The van der Waals surface area contributed by atoms with E-state index in [2.05, 4.69) is 24.3 Å². The van der Waals surface area contributed by atoms with Crippen molar-refractivity contribution in [3.8, 4) is 0 Å². The number of aliphatic carboxylic acids is 1. The lowest BCUT2D eigenvalue weighted by molar-refractivity contribution is -0.191. The monoisotopic (exact) mass is 364 g/mol. The Hall–Kier alpha value is -2.13. The largest absolute Gasteiger partial charge is 0.481 e. The third-order valence-corrected chi connectivity index (χ3v) is 7.15. The van der Waals surface area contributed by atoms with Crippen LogP contribution in [0.2, 0.25) is 0 Å². The summed E-state index contributed by atoms with van der Waals surface area (Å²) in [6, 6.07) is 20.4. The molecule has 27 heavy (non-hydrogen) atoms. The van der Waals surface area contributed by atoms with Gasteiger partial charge in [-0.05, 0) is 61.5 Å². The van der Waals surface area contributed by atoms with Crippen LogP contribution in [0.5, 0.6) is 0 Å². The van der Waals surface area contributed by atoms with Gasteiger partial charge >= 0.3 is 5.97 Å². The first-order chi connectivity index (χ1) is 13.1. The Balaban J connectivity index is 1.70. The van der Waals surface area contributed by atoms with Crippen molar-refractivity contribution >= 4 is 5.97 Å². The molecule has 4 atom stereocenters. The van der Waals surface area contributed by atoms with Gasteiger partial charge in [0.1, 0.15) is 0 Å². The highest BCUT2D eigenvalue weighted by atomic mass is 16.4. The van der Waals surface area contributed by atoms with Crippen molar-refractivity contribution in [2.45, 2.75) is 50.5 Å². The van der Waals surface area contributed by atoms with Crippen molar-refractivity contribution in [3.05, 3.63) is 71.8 Å². The van der Waals surface area contributed by atoms with Crippen LogP contribution >= 0.6 is 0 Å². The minimum Gasteiger partial charge on any atom is -0.481 e. The summed E-state index contributed by atoms with van der Waals surface area (Å²) in [4.78, 5) is 12.4. The highest BCUT2D eigenvalue weighted by Gasteiger charge is 2.67. The molecule has 2 N–H and O–H groups in total. The second-order valence-electron chi connectivity index (χ2n) is 8.42. The van der Waals surface area contributed by atoms with E-state index in [1.54, 1.807) is 0 Å². The summed E-state index contributed by atoms with van der Waals surface area (Å²) in [7, 11) is 0. The average Bonchev–Trinajstić information content (AvgIpc) is 2.98. The van der Waals surface area contributed by atoms with Gasteiger partial charge in [-0.25, -0.2) is 0 Å². The lowest BCUT2D eigenvalue weighted by Crippen LogP contribution is -2.60. The Morgan fingerprint density at radius 1 is 0.852 bits per heavy atom. The normalized spacial score (nSPS) is 32.8. The van der Waals surface area contributed by atoms with Crippen LogP contribution in [0.1, 0.15) is 43.2 Å². The molecular weight excluding hydrogens is 336 g/mol. The van der Waals surface area contributed by atoms with Crippen LogP contribution in [0.3, 0.4) is 0 Å². The number of benzene rings is 2. The molecule has 0 saturated heterocycles. The maximum absolute atomic E-state index is 12.4. The molecule has 2 fully saturated rings. The van der Waals surface area contributed by atoms with E-state index >= 15 is 0 Å². The topological polar surface area (TPSA) is 57.5 Å². The van der Waals surface area contributed by atoms with Gasteiger partial charge in [0.15, 0.2) is 0 Å². The quantitative estimate of drug-likeness (QED) is 0.822. The van der Waals surface area contributed by atoms with E-state index in [4.69, 9.17) is 0 Å². The molecule has 0 amide bonds. The van der Waals surface area contributed by atoms with E-state index < -0.39 is 17.0 Å². The zero-order valence-electron chi connectivity index (χ0n) is 15.7. The van der Waals surface area contributed by atoms with Crippen LogP contribution < -0.4 is 0 Å². The minimum atomic E-state index is -1.15. The number of aliphatic hydroxyl groups is 1. The van der Waals surface area contributed by atoms with Crippen LogP contribution in [0, 0.1) is 17.3 Å². The number of hydrogen-bond donors (Lipinski definition) is 2. The van der Waals surface area contributed by atoms with E-state index in [0.29, 0.717) is 12.8 Å². The van der Waals surface area contributed by atoms with Gasteiger partial charge < -0.3 is 10.2 Å². The molecular formula is C24H28O3. The van der Waals surface area contributed by atoms with Crippen molar-refractivity contribution in [1.82, 2.24) is 0 Å². The summed E-state index contributed by atoms with van der Waals surface area (Å²) in [6.45, 7) is 0. The van der Waals surface area contributed by atoms with E-state index in [1.165, 1.54) is 11.1 Å². The summed E-state index contributed by atoms with van der Waals surface area (Å²) < 4.78 is 0. The van der Waals surface area contributed by atoms with Gasteiger partial charge in [0, 0.05) is 0 Å². The molecule has 3 nitrogen and oxygen atoms in total. The third-order valence-electron chi connectivity index (χ3n) is 7.15. The Bertz CT molecular complexity index is 788. The van der Waals surface area contributed by atoms with Gasteiger partial charge in [0.05, 0.1) is 11.0 Å². The van der Waals surface area contributed by atoms with Crippen molar-refractivity contribution in [2.75, 3.05) is 0 Å². The molecule has 142 valence electrons. The molecule has 0 bridgehead atoms. The van der Waals surface area contributed by atoms with Crippen molar-refractivity contribution in [3.63, 3.8) is 0 Å². The molecule has 0 radical (unpaired) electrons.